The van der Waals surface area contributed by atoms with Crippen molar-refractivity contribution in [3.05, 3.63) is 22.4 Å². The van der Waals surface area contributed by atoms with E-state index in [1.54, 1.807) is 11.3 Å². The lowest BCUT2D eigenvalue weighted by Gasteiger charge is -2.24. The van der Waals surface area contributed by atoms with Crippen LogP contribution in [0.2, 0.25) is 0 Å². The molecule has 1 atom stereocenters. The van der Waals surface area contributed by atoms with Crippen molar-refractivity contribution in [2.75, 3.05) is 19.6 Å². The minimum atomic E-state index is -0.410. The fourth-order valence-electron chi connectivity index (χ4n) is 2.30. The molecule has 1 aromatic heterocycles. The van der Waals surface area contributed by atoms with Crippen molar-refractivity contribution in [2.45, 2.75) is 39.3 Å². The van der Waals surface area contributed by atoms with Gasteiger partial charge in [-0.15, -0.1) is 11.3 Å². The molecular formula is C15H24N2O2S. The number of carbonyl (C=O) groups is 1. The lowest BCUT2D eigenvalue weighted by molar-refractivity contribution is 0.0288. The van der Waals surface area contributed by atoms with Crippen LogP contribution < -0.4 is 5.32 Å². The molecule has 4 nitrogen and oxygen atoms in total. The van der Waals surface area contributed by atoms with E-state index >= 15 is 0 Å². The van der Waals surface area contributed by atoms with E-state index in [0.29, 0.717) is 5.92 Å². The lowest BCUT2D eigenvalue weighted by Crippen LogP contribution is -2.36. The molecule has 0 aliphatic carbocycles. The summed E-state index contributed by atoms with van der Waals surface area (Å²) >= 11 is 1.77. The lowest BCUT2D eigenvalue weighted by atomic mass is 10.1. The zero-order valence-electron chi connectivity index (χ0n) is 12.5. The number of ether oxygens (including phenoxy) is 1. The van der Waals surface area contributed by atoms with E-state index in [1.807, 2.05) is 25.7 Å². The summed E-state index contributed by atoms with van der Waals surface area (Å²) < 4.78 is 5.40. The van der Waals surface area contributed by atoms with Crippen molar-refractivity contribution in [2.24, 2.45) is 5.92 Å². The summed E-state index contributed by atoms with van der Waals surface area (Å²) in [6.07, 6.45) is 0.870. The molecule has 0 bridgehead atoms. The molecule has 2 heterocycles. The van der Waals surface area contributed by atoms with Crippen LogP contribution >= 0.6 is 11.3 Å². The minimum absolute atomic E-state index is 0.182. The molecule has 1 saturated heterocycles. The van der Waals surface area contributed by atoms with Gasteiger partial charge in [-0.05, 0) is 44.6 Å². The Morgan fingerprint density at radius 3 is 3.00 bits per heavy atom. The second-order valence-corrected chi connectivity index (χ2v) is 7.32. The van der Waals surface area contributed by atoms with E-state index in [4.69, 9.17) is 4.74 Å². The molecule has 0 radical (unpaired) electrons. The number of hydrogen-bond acceptors (Lipinski definition) is 4. The predicted octanol–water partition coefficient (Wildman–Crippen LogP) is 3.09. The van der Waals surface area contributed by atoms with Crippen LogP contribution in [0.15, 0.2) is 17.5 Å². The van der Waals surface area contributed by atoms with Gasteiger partial charge in [-0.3, -0.25) is 0 Å². The third-order valence-electron chi connectivity index (χ3n) is 3.25. The Bertz CT molecular complexity index is 426. The number of thiophene rings is 1. The molecule has 1 aromatic rings. The van der Waals surface area contributed by atoms with Gasteiger partial charge < -0.3 is 15.0 Å². The molecule has 2 rings (SSSR count). The summed E-state index contributed by atoms with van der Waals surface area (Å²) in [5.41, 5.74) is -0.410. The molecule has 1 aliphatic rings. The van der Waals surface area contributed by atoms with E-state index in [-0.39, 0.29) is 6.09 Å². The second-order valence-electron chi connectivity index (χ2n) is 6.29. The number of hydrogen-bond donors (Lipinski definition) is 1. The first-order valence-corrected chi connectivity index (χ1v) is 8.03. The molecule has 0 aromatic carbocycles. The van der Waals surface area contributed by atoms with Gasteiger partial charge in [0.2, 0.25) is 0 Å². The maximum atomic E-state index is 12.0. The molecule has 1 N–H and O–H groups in total. The van der Waals surface area contributed by atoms with Crippen LogP contribution in [-0.2, 0) is 11.3 Å². The van der Waals surface area contributed by atoms with Crippen molar-refractivity contribution in [3.63, 3.8) is 0 Å². The maximum Gasteiger partial charge on any atom is 0.410 e. The monoisotopic (exact) mass is 296 g/mol. The predicted molar refractivity (Wildman–Crippen MR) is 81.9 cm³/mol. The van der Waals surface area contributed by atoms with Gasteiger partial charge in [0.25, 0.3) is 0 Å². The number of rotatable bonds is 4. The van der Waals surface area contributed by atoms with Crippen molar-refractivity contribution in [1.29, 1.82) is 0 Å². The highest BCUT2D eigenvalue weighted by molar-refractivity contribution is 7.09. The van der Waals surface area contributed by atoms with Crippen LogP contribution in [0.25, 0.3) is 0 Å². The quantitative estimate of drug-likeness (QED) is 0.928. The van der Waals surface area contributed by atoms with Gasteiger partial charge in [0.1, 0.15) is 5.60 Å². The topological polar surface area (TPSA) is 41.6 Å². The zero-order chi connectivity index (χ0) is 14.6. The first kappa shape index (κ1) is 15.3. The molecule has 0 spiro atoms. The molecule has 0 saturated carbocycles. The van der Waals surface area contributed by atoms with Crippen LogP contribution in [-0.4, -0.2) is 36.2 Å². The Morgan fingerprint density at radius 2 is 2.35 bits per heavy atom. The van der Waals surface area contributed by atoms with E-state index in [9.17, 15) is 4.79 Å². The highest BCUT2D eigenvalue weighted by Gasteiger charge is 2.29. The average molecular weight is 296 g/mol. The number of nitrogens with one attached hydrogen (secondary N) is 1. The highest BCUT2D eigenvalue weighted by atomic mass is 32.1. The Kier molecular flexibility index (Phi) is 5.05. The van der Waals surface area contributed by atoms with E-state index in [0.717, 1.165) is 32.6 Å². The van der Waals surface area contributed by atoms with Gasteiger partial charge in [-0.2, -0.15) is 0 Å². The van der Waals surface area contributed by atoms with E-state index in [2.05, 4.69) is 22.8 Å². The Morgan fingerprint density at radius 1 is 1.55 bits per heavy atom. The number of carbonyl (C=O) groups excluding carboxylic acids is 1. The number of amides is 1. The van der Waals surface area contributed by atoms with Gasteiger partial charge in [0, 0.05) is 31.1 Å². The smallest absolute Gasteiger partial charge is 0.410 e. The van der Waals surface area contributed by atoms with Gasteiger partial charge in [0.05, 0.1) is 0 Å². The molecule has 1 amide bonds. The van der Waals surface area contributed by atoms with Gasteiger partial charge in [-0.25, -0.2) is 4.79 Å². The molecule has 0 unspecified atom stereocenters. The summed E-state index contributed by atoms with van der Waals surface area (Å²) in [4.78, 5) is 15.1. The highest BCUT2D eigenvalue weighted by Crippen LogP contribution is 2.19. The van der Waals surface area contributed by atoms with Crippen molar-refractivity contribution in [1.82, 2.24) is 10.2 Å². The molecule has 1 aliphatic heterocycles. The summed E-state index contributed by atoms with van der Waals surface area (Å²) in [5, 5.41) is 5.56. The summed E-state index contributed by atoms with van der Waals surface area (Å²) in [6, 6.07) is 4.21. The third kappa shape index (κ3) is 4.80. The fraction of sp³-hybridized carbons (Fsp3) is 0.667. The standard InChI is InChI=1S/C15H24N2O2S/c1-15(2,3)19-14(18)17-7-6-12(11-17)9-16-10-13-5-4-8-20-13/h4-5,8,12,16H,6-7,9-11H2,1-3H3/t12-/m0/s1. The summed E-state index contributed by atoms with van der Waals surface area (Å²) in [6.45, 7) is 9.19. The van der Waals surface area contributed by atoms with Crippen molar-refractivity contribution in [3.8, 4) is 0 Å². The molecular weight excluding hydrogens is 272 g/mol. The van der Waals surface area contributed by atoms with Crippen LogP contribution in [0.1, 0.15) is 32.1 Å². The zero-order valence-corrected chi connectivity index (χ0v) is 13.3. The Labute approximate surface area is 125 Å². The van der Waals surface area contributed by atoms with Gasteiger partial charge in [-0.1, -0.05) is 6.07 Å². The summed E-state index contributed by atoms with van der Waals surface area (Å²) in [5.74, 6) is 0.530. The first-order chi connectivity index (χ1) is 9.44. The number of likely N-dealkylation sites (tertiary alicyclic amines) is 1. The largest absolute Gasteiger partial charge is 0.444 e. The molecule has 1 fully saturated rings. The third-order valence-corrected chi connectivity index (χ3v) is 4.13. The molecule has 5 heteroatoms. The molecule has 112 valence electrons. The van der Waals surface area contributed by atoms with Crippen LogP contribution in [0.3, 0.4) is 0 Å². The van der Waals surface area contributed by atoms with Crippen LogP contribution in [0.5, 0.6) is 0 Å². The average Bonchev–Trinajstić information content (AvgIpc) is 2.97. The van der Waals surface area contributed by atoms with Crippen molar-refractivity contribution < 1.29 is 9.53 Å². The van der Waals surface area contributed by atoms with Crippen molar-refractivity contribution >= 4 is 17.4 Å². The van der Waals surface area contributed by atoms with Gasteiger partial charge in [0.15, 0.2) is 0 Å². The van der Waals surface area contributed by atoms with E-state index < -0.39 is 5.60 Å². The first-order valence-electron chi connectivity index (χ1n) is 7.15. The summed E-state index contributed by atoms with van der Waals surface area (Å²) in [7, 11) is 0. The molecule has 20 heavy (non-hydrogen) atoms. The Hall–Kier alpha value is -1.07. The van der Waals surface area contributed by atoms with E-state index in [1.165, 1.54) is 4.88 Å². The van der Waals surface area contributed by atoms with Crippen LogP contribution in [0.4, 0.5) is 4.79 Å². The SMILES string of the molecule is CC(C)(C)OC(=O)N1CC[C@@H](CNCc2cccs2)C1. The second kappa shape index (κ2) is 6.59. The minimum Gasteiger partial charge on any atom is -0.444 e. The fourth-order valence-corrected chi connectivity index (χ4v) is 2.98. The van der Waals surface area contributed by atoms with Gasteiger partial charge >= 0.3 is 6.09 Å². The maximum absolute atomic E-state index is 12.0. The van der Waals surface area contributed by atoms with Crippen LogP contribution in [0, 0.1) is 5.92 Å². The number of nitrogens with zero attached hydrogens (tertiary/aromatic N) is 1. The Balaban J connectivity index is 1.68. The normalized spacial score (nSPS) is 19.4.